The first-order valence-electron chi connectivity index (χ1n) is 19.4. The van der Waals surface area contributed by atoms with Crippen LogP contribution in [0.4, 0.5) is 39.7 Å². The van der Waals surface area contributed by atoms with E-state index in [2.05, 4.69) is 38.2 Å². The Hall–Kier alpha value is -6.96. The van der Waals surface area contributed by atoms with Crippen molar-refractivity contribution in [1.82, 2.24) is 20.0 Å². The van der Waals surface area contributed by atoms with Crippen LogP contribution >= 0.6 is 42.4 Å². The number of carbonyl (C=O) groups is 4. The minimum atomic E-state index is -4.71. The van der Waals surface area contributed by atoms with Gasteiger partial charge < -0.3 is 54.4 Å². The van der Waals surface area contributed by atoms with Gasteiger partial charge in [-0.25, -0.2) is 27.5 Å². The number of amides is 2. The highest BCUT2D eigenvalue weighted by Gasteiger charge is 2.25. The van der Waals surface area contributed by atoms with Crippen LogP contribution < -0.4 is 44.9 Å². The monoisotopic (exact) mass is 1180 g/mol. The Labute approximate surface area is 439 Å². The molecule has 75 heavy (non-hydrogen) atoms. The summed E-state index contributed by atoms with van der Waals surface area (Å²) in [5, 5.41) is 40.5. The number of aromatic nitrogens is 2. The number of aromatic carboxylic acids is 2. The molecule has 1 atom stereocenters. The molecular formula is C40H41Cl3F4N7O18PS2. The van der Waals surface area contributed by atoms with Crippen molar-refractivity contribution in [3.05, 3.63) is 121 Å². The van der Waals surface area contributed by atoms with Gasteiger partial charge in [0.1, 0.15) is 40.3 Å². The van der Waals surface area contributed by atoms with Gasteiger partial charge in [-0.05, 0) is 53.4 Å². The van der Waals surface area contributed by atoms with Crippen LogP contribution in [0.3, 0.4) is 0 Å². The minimum absolute atomic E-state index is 0.0352. The molecular weight excluding hydrogens is 1140 g/mol. The number of benzene rings is 4. The number of sulfonamides is 1. The van der Waals surface area contributed by atoms with E-state index < -0.39 is 101 Å². The van der Waals surface area contributed by atoms with E-state index >= 15 is 0 Å². The van der Waals surface area contributed by atoms with Crippen LogP contribution in [0.2, 0.25) is 15.1 Å². The van der Waals surface area contributed by atoms with Gasteiger partial charge in [-0.15, -0.1) is 0 Å². The van der Waals surface area contributed by atoms with Crippen LogP contribution in [-0.4, -0.2) is 119 Å². The molecule has 0 bridgehead atoms. The Bertz CT molecular complexity index is 2890. The number of nitrogen functional groups attached to an aromatic ring is 1. The Morgan fingerprint density at radius 2 is 1.37 bits per heavy atom. The van der Waals surface area contributed by atoms with E-state index in [1.807, 2.05) is 11.4 Å². The van der Waals surface area contributed by atoms with E-state index in [0.29, 0.717) is 22.7 Å². The molecule has 410 valence electrons. The Balaban J connectivity index is 0.000000530. The topological polar surface area (TPSA) is 391 Å². The number of urea groups is 1. The van der Waals surface area contributed by atoms with Crippen molar-refractivity contribution in [2.75, 3.05) is 49.8 Å². The molecule has 1 unspecified atom stereocenters. The van der Waals surface area contributed by atoms with Gasteiger partial charge in [0.15, 0.2) is 5.75 Å². The van der Waals surface area contributed by atoms with Crippen LogP contribution in [0, 0.1) is 10.1 Å². The van der Waals surface area contributed by atoms with Gasteiger partial charge in [0.2, 0.25) is 17.7 Å². The zero-order chi connectivity index (χ0) is 57.4. The number of nitro groups is 1. The quantitative estimate of drug-likeness (QED) is 0.0117. The summed E-state index contributed by atoms with van der Waals surface area (Å²) in [7, 11) is -7.08. The number of carboxylic acids is 3. The molecule has 0 fully saturated rings. The van der Waals surface area contributed by atoms with E-state index in [-0.39, 0.29) is 43.5 Å². The summed E-state index contributed by atoms with van der Waals surface area (Å²) >= 11 is 17.3. The Morgan fingerprint density at radius 3 is 1.83 bits per heavy atom. The predicted molar refractivity (Wildman–Crippen MR) is 263 cm³/mol. The average Bonchev–Trinajstić information content (AvgIpc) is 3.28. The molecule has 0 saturated carbocycles. The van der Waals surface area contributed by atoms with Gasteiger partial charge in [0, 0.05) is 6.07 Å². The zero-order valence-electron chi connectivity index (χ0n) is 38.5. The lowest BCUT2D eigenvalue weighted by Crippen LogP contribution is -2.35. The third kappa shape index (κ3) is 25.2. The molecule has 0 aliphatic rings. The molecule has 35 heteroatoms. The smallest absolute Gasteiger partial charge is 0.388 e. The number of para-hydroxylation sites is 1. The lowest BCUT2D eigenvalue weighted by atomic mass is 10.2. The molecule has 9 N–H and O–H groups in total. The molecule has 5 rings (SSSR count). The second kappa shape index (κ2) is 31.7. The van der Waals surface area contributed by atoms with Gasteiger partial charge in [-0.3, -0.25) is 25.5 Å². The van der Waals surface area contributed by atoms with E-state index in [9.17, 15) is 64.7 Å². The summed E-state index contributed by atoms with van der Waals surface area (Å²) in [6, 6.07) is 17.7. The molecule has 2 amide bonds. The highest BCUT2D eigenvalue weighted by molar-refractivity contribution is 7.94. The van der Waals surface area contributed by atoms with Crippen LogP contribution in [0.25, 0.3) is 0 Å². The number of nitrogens with zero attached hydrogens (tertiary/aromatic N) is 3. The van der Waals surface area contributed by atoms with Crippen molar-refractivity contribution in [3.8, 4) is 29.0 Å². The second-order valence-electron chi connectivity index (χ2n) is 13.6. The summed E-state index contributed by atoms with van der Waals surface area (Å²) in [4.78, 5) is 77.4. The number of ether oxygens (including phenoxy) is 4. The number of carboxylic acid groups (broad SMARTS) is 3. The first-order valence-corrected chi connectivity index (χ1v) is 26.2. The van der Waals surface area contributed by atoms with Gasteiger partial charge >= 0.3 is 37.2 Å². The molecule has 0 aliphatic carbocycles. The number of nitrogens with two attached hydrogens (primary N) is 1. The van der Waals surface area contributed by atoms with Gasteiger partial charge in [-0.1, -0.05) is 65.1 Å². The zero-order valence-corrected chi connectivity index (χ0v) is 43.3. The number of anilines is 2. The Morgan fingerprint density at radius 1 is 0.853 bits per heavy atom. The number of hydrogen-bond donors (Lipinski definition) is 8. The van der Waals surface area contributed by atoms with Crippen molar-refractivity contribution >= 4 is 105 Å². The summed E-state index contributed by atoms with van der Waals surface area (Å²) in [5.74, 6) is -5.85. The molecule has 1 aromatic heterocycles. The summed E-state index contributed by atoms with van der Waals surface area (Å²) in [6.07, 6.45) is 5.87. The maximum Gasteiger partial charge on any atom is 0.388 e. The van der Waals surface area contributed by atoms with Crippen molar-refractivity contribution < 1.29 is 98.7 Å². The highest BCUT2D eigenvalue weighted by atomic mass is 35.5. The normalized spacial score (nSPS) is 11.3. The number of carbonyl (C=O) groups excluding carboxylic acids is 1. The van der Waals surface area contributed by atoms with Crippen LogP contribution in [-0.2, 0) is 30.3 Å². The largest absolute Gasteiger partial charge is 0.778 e. The molecule has 0 spiro atoms. The first-order chi connectivity index (χ1) is 34.8. The summed E-state index contributed by atoms with van der Waals surface area (Å²) < 4.78 is 103. The number of nitrogens with one attached hydrogen (secondary N) is 3. The molecule has 1 heterocycles. The molecule has 0 aliphatic heterocycles. The van der Waals surface area contributed by atoms with Gasteiger partial charge in [0.25, 0.3) is 15.7 Å². The van der Waals surface area contributed by atoms with Crippen molar-refractivity contribution in [2.45, 2.75) is 18.1 Å². The van der Waals surface area contributed by atoms with Crippen LogP contribution in [0.5, 0.6) is 29.0 Å². The van der Waals surface area contributed by atoms with E-state index in [0.717, 1.165) is 12.1 Å². The molecule has 0 saturated heterocycles. The number of halogens is 7. The third-order valence-corrected chi connectivity index (χ3v) is 10.3. The summed E-state index contributed by atoms with van der Waals surface area (Å²) in [6.45, 7) is -7.30. The maximum absolute atomic E-state index is 12.3. The Kier molecular flexibility index (Phi) is 27.9. The number of alkyl halides is 4. The number of hydrogen-bond acceptors (Lipinski definition) is 18. The van der Waals surface area contributed by atoms with Gasteiger partial charge in [0.05, 0.1) is 65.3 Å². The first kappa shape index (κ1) is 66.1. The van der Waals surface area contributed by atoms with Crippen LogP contribution in [0.1, 0.15) is 20.7 Å². The highest BCUT2D eigenvalue weighted by Crippen LogP contribution is 2.39. The molecule has 4 aromatic carbocycles. The lowest BCUT2D eigenvalue weighted by Gasteiger charge is -2.14. The molecule has 0 radical (unpaired) electrons. The number of methoxy groups -OCH3 is 1. The van der Waals surface area contributed by atoms with Crippen molar-refractivity contribution in [1.29, 1.82) is 0 Å². The van der Waals surface area contributed by atoms with E-state index in [1.54, 1.807) is 29.6 Å². The number of nitro benzene ring substituents is 1. The average molecular weight is 1190 g/mol. The molecule has 25 nitrogen and oxygen atoms in total. The fraction of sp³-hybridized carbons (Fsp3) is 0.200. The minimum Gasteiger partial charge on any atom is -0.778 e. The van der Waals surface area contributed by atoms with E-state index in [4.69, 9.17) is 70.2 Å². The van der Waals surface area contributed by atoms with E-state index in [1.165, 1.54) is 48.2 Å². The maximum atomic E-state index is 12.3. The van der Waals surface area contributed by atoms with Crippen molar-refractivity contribution in [2.24, 2.45) is 0 Å². The lowest BCUT2D eigenvalue weighted by molar-refractivity contribution is -0.383. The van der Waals surface area contributed by atoms with Crippen molar-refractivity contribution in [3.63, 3.8) is 0 Å². The fourth-order valence-electron chi connectivity index (χ4n) is 4.60. The summed E-state index contributed by atoms with van der Waals surface area (Å²) in [5.41, 5.74) is 4.49. The fourth-order valence-corrected chi connectivity index (χ4v) is 6.76. The third-order valence-electron chi connectivity index (χ3n) is 7.31. The number of aliphatic carboxylic acids is 1. The molecule has 5 aromatic rings. The SMILES string of the molecule is COc1c(Cl)ccc(Cl)c1C(=O)O.C[S+](C)C.Nc1c([N+](=O)[O-])ccc(Oc2ccccc2)c1Cl.O=C(Nc1nc(OC(F)F)cc(OC(F)F)n1)NS(=O)(=O)c1ccccc1C(=O)O.O=C(O)CNCP(=O)([O-])O. The second-order valence-corrected chi connectivity index (χ2v) is 20.4. The number of rotatable bonds is 17. The van der Waals surface area contributed by atoms with Gasteiger partial charge in [-0.2, -0.15) is 27.5 Å². The standard InChI is InChI=1S/C14H10F4N4O7S.C12H9ClN2O3.C8H6Cl2O3.C3H8NO5P.C3H9S/c15-11(16)28-8-5-9(29-12(17)18)20-13(19-8)21-14(25)22-30(26,27)7-4-2-1-3-6(7)10(23)24;13-11-10(18-8-4-2-1-3-5-8)7-6-9(12(11)14)15(16)17;1-13-7-5(10)3-2-4(9)6(7)8(11)12;5-3(6)1-4-2-10(7,8)9;1-4(2)3/h1-5,11-12H,(H,23,24)(H2,19,20,21,22,25);1-7H,14H2;2-3H,1H3,(H,11,12);4H,1-2H2,(H,5,6)(H2,7,8,9);1-3H3/q;;;;+1/p-1. The predicted octanol–water partition coefficient (Wildman–Crippen LogP) is 6.87. The van der Waals surface area contributed by atoms with Crippen LogP contribution in [0.15, 0.2) is 89.8 Å².